The lowest BCUT2D eigenvalue weighted by Crippen LogP contribution is -2.37. The van der Waals surface area contributed by atoms with Crippen LogP contribution in [0.3, 0.4) is 0 Å². The Morgan fingerprint density at radius 2 is 2.07 bits per heavy atom. The molecule has 0 aromatic carbocycles. The Bertz CT molecular complexity index is 844. The van der Waals surface area contributed by atoms with Crippen molar-refractivity contribution in [3.8, 4) is 0 Å². The van der Waals surface area contributed by atoms with E-state index in [4.69, 9.17) is 4.42 Å². The van der Waals surface area contributed by atoms with Gasteiger partial charge < -0.3 is 15.1 Å². The van der Waals surface area contributed by atoms with Crippen LogP contribution in [0.5, 0.6) is 0 Å². The molecule has 0 spiro atoms. The fraction of sp³-hybridized carbons (Fsp3) is 0.556. The number of halogens is 4. The van der Waals surface area contributed by atoms with Crippen molar-refractivity contribution in [1.82, 2.24) is 15.1 Å². The molecule has 4 rings (SSSR count). The quantitative estimate of drug-likeness (QED) is 0.678. The van der Waals surface area contributed by atoms with Crippen molar-refractivity contribution in [2.45, 2.75) is 62.8 Å². The number of alkyl halides is 3. The summed E-state index contributed by atoms with van der Waals surface area (Å²) in [5.41, 5.74) is -0.0394. The fourth-order valence-corrected chi connectivity index (χ4v) is 4.47. The second-order valence-corrected chi connectivity index (χ2v) is 8.06. The normalized spacial score (nSPS) is 23.1. The second-order valence-electron chi connectivity index (χ2n) is 7.27. The molecular formula is C18H20BrF3N4O2. The Labute approximate surface area is 168 Å². The van der Waals surface area contributed by atoms with E-state index in [1.165, 1.54) is 6.26 Å². The van der Waals surface area contributed by atoms with Crippen LogP contribution < -0.4 is 10.6 Å². The predicted octanol–water partition coefficient (Wildman–Crippen LogP) is 4.96. The number of nitrogens with one attached hydrogen (secondary N) is 2. The van der Waals surface area contributed by atoms with Gasteiger partial charge in [-0.15, -0.1) is 0 Å². The van der Waals surface area contributed by atoms with Crippen LogP contribution in [0.1, 0.15) is 66.9 Å². The van der Waals surface area contributed by atoms with E-state index in [1.807, 2.05) is 0 Å². The molecule has 0 radical (unpaired) electrons. The first-order valence-corrected chi connectivity index (χ1v) is 10.1. The van der Waals surface area contributed by atoms with Gasteiger partial charge >= 0.3 is 6.18 Å². The zero-order valence-electron chi connectivity index (χ0n) is 14.9. The molecule has 6 nitrogen and oxygen atoms in total. The third-order valence-corrected chi connectivity index (χ3v) is 6.09. The molecule has 1 fully saturated rings. The molecule has 0 saturated heterocycles. The Hall–Kier alpha value is -1.97. The molecule has 2 atom stereocenters. The van der Waals surface area contributed by atoms with Crippen molar-refractivity contribution >= 4 is 27.7 Å². The molecule has 28 heavy (non-hydrogen) atoms. The van der Waals surface area contributed by atoms with Gasteiger partial charge in [0.2, 0.25) is 0 Å². The molecule has 1 amide bonds. The van der Waals surface area contributed by atoms with Gasteiger partial charge in [-0.25, -0.2) is 4.68 Å². The first kappa shape index (κ1) is 19.4. The number of hydrogen-bond acceptors (Lipinski definition) is 4. The predicted molar refractivity (Wildman–Crippen MR) is 99.0 cm³/mol. The molecule has 152 valence electrons. The number of rotatable bonds is 3. The summed E-state index contributed by atoms with van der Waals surface area (Å²) < 4.78 is 47.5. The van der Waals surface area contributed by atoms with Crippen LogP contribution >= 0.6 is 15.9 Å². The van der Waals surface area contributed by atoms with Crippen LogP contribution in [-0.2, 0) is 0 Å². The molecule has 2 aromatic heterocycles. The van der Waals surface area contributed by atoms with Gasteiger partial charge in [0.25, 0.3) is 5.91 Å². The monoisotopic (exact) mass is 460 g/mol. The number of aromatic nitrogens is 2. The lowest BCUT2D eigenvalue weighted by molar-refractivity contribution is -0.174. The number of nitrogens with zero attached hydrogens (tertiary/aromatic N) is 2. The highest BCUT2D eigenvalue weighted by molar-refractivity contribution is 9.10. The fourth-order valence-electron chi connectivity index (χ4n) is 3.91. The molecule has 1 aliphatic carbocycles. The summed E-state index contributed by atoms with van der Waals surface area (Å²) in [6, 6.07) is 0.766. The summed E-state index contributed by atoms with van der Waals surface area (Å²) >= 11 is 3.28. The molecule has 2 aromatic rings. The smallest absolute Gasteiger partial charge is 0.410 e. The number of fused-ring (bicyclic) bond motifs is 1. The van der Waals surface area contributed by atoms with Gasteiger partial charge in [0.05, 0.1) is 16.8 Å². The third kappa shape index (κ3) is 3.66. The summed E-state index contributed by atoms with van der Waals surface area (Å²) in [4.78, 5) is 12.7. The molecular weight excluding hydrogens is 441 g/mol. The van der Waals surface area contributed by atoms with E-state index in [0.717, 1.165) is 36.8 Å². The maximum atomic E-state index is 13.7. The van der Waals surface area contributed by atoms with Gasteiger partial charge in [0, 0.05) is 12.5 Å². The van der Waals surface area contributed by atoms with Crippen LogP contribution in [0.2, 0.25) is 0 Å². The highest BCUT2D eigenvalue weighted by atomic mass is 79.9. The van der Waals surface area contributed by atoms with E-state index in [-0.39, 0.29) is 28.4 Å². The average molecular weight is 461 g/mol. The van der Waals surface area contributed by atoms with Crippen LogP contribution in [0.15, 0.2) is 27.3 Å². The van der Waals surface area contributed by atoms with Crippen LogP contribution in [0.25, 0.3) is 0 Å². The van der Waals surface area contributed by atoms with E-state index in [2.05, 4.69) is 31.7 Å². The Kier molecular flexibility index (Phi) is 5.15. The van der Waals surface area contributed by atoms with Crippen molar-refractivity contribution in [3.05, 3.63) is 34.3 Å². The van der Waals surface area contributed by atoms with Crippen LogP contribution in [0.4, 0.5) is 19.0 Å². The molecule has 3 heterocycles. The SMILES string of the molecule is O=C(NC1CCCCC1)c1nn2c(c1Br)N[C@H](c1ccco1)C[C@@H]2C(F)(F)F. The topological polar surface area (TPSA) is 72.1 Å². The Morgan fingerprint density at radius 3 is 2.71 bits per heavy atom. The summed E-state index contributed by atoms with van der Waals surface area (Å²) in [6.45, 7) is 0. The molecule has 2 aliphatic rings. The first-order chi connectivity index (χ1) is 13.3. The van der Waals surface area contributed by atoms with E-state index in [9.17, 15) is 18.0 Å². The summed E-state index contributed by atoms with van der Waals surface area (Å²) in [6.07, 6.45) is 1.60. The van der Waals surface area contributed by atoms with E-state index >= 15 is 0 Å². The highest BCUT2D eigenvalue weighted by Crippen LogP contribution is 2.46. The third-order valence-electron chi connectivity index (χ3n) is 5.34. The van der Waals surface area contributed by atoms with E-state index in [1.54, 1.807) is 12.1 Å². The minimum absolute atomic E-state index is 0.0362. The number of carbonyl (C=O) groups excluding carboxylic acids is 1. The summed E-state index contributed by atoms with van der Waals surface area (Å²) in [5, 5.41) is 9.96. The van der Waals surface area contributed by atoms with Gasteiger partial charge in [-0.3, -0.25) is 4.79 Å². The number of anilines is 1. The number of furan rings is 1. The van der Waals surface area contributed by atoms with Crippen molar-refractivity contribution in [2.24, 2.45) is 0 Å². The zero-order chi connectivity index (χ0) is 19.9. The van der Waals surface area contributed by atoms with Gasteiger partial charge in [-0.2, -0.15) is 18.3 Å². The standard InChI is InChI=1S/C18H20BrF3N4O2/c19-14-15(17(27)23-10-5-2-1-3-6-10)25-26-13(18(20,21)22)9-11(24-16(14)26)12-7-4-8-28-12/h4,7-8,10-11,13,24H,1-3,5-6,9H2,(H,23,27)/t11-,13+/m0/s1. The van der Waals surface area contributed by atoms with Crippen molar-refractivity contribution < 1.29 is 22.4 Å². The van der Waals surface area contributed by atoms with Gasteiger partial charge in [-0.1, -0.05) is 19.3 Å². The Morgan fingerprint density at radius 1 is 1.32 bits per heavy atom. The minimum Gasteiger partial charge on any atom is -0.467 e. The van der Waals surface area contributed by atoms with Gasteiger partial charge in [0.1, 0.15) is 11.6 Å². The average Bonchev–Trinajstić information content (AvgIpc) is 3.30. The largest absolute Gasteiger partial charge is 0.467 e. The van der Waals surface area contributed by atoms with E-state index < -0.39 is 24.2 Å². The van der Waals surface area contributed by atoms with E-state index in [0.29, 0.717) is 5.76 Å². The summed E-state index contributed by atoms with van der Waals surface area (Å²) in [7, 11) is 0. The van der Waals surface area contributed by atoms with Crippen molar-refractivity contribution in [3.63, 3.8) is 0 Å². The molecule has 1 aliphatic heterocycles. The molecule has 0 unspecified atom stereocenters. The zero-order valence-corrected chi connectivity index (χ0v) is 16.5. The molecule has 1 saturated carbocycles. The van der Waals surface area contributed by atoms with Crippen LogP contribution in [0, 0.1) is 0 Å². The van der Waals surface area contributed by atoms with Gasteiger partial charge in [-0.05, 0) is 40.9 Å². The number of carbonyl (C=O) groups is 1. The number of amides is 1. The van der Waals surface area contributed by atoms with Crippen LogP contribution in [-0.4, -0.2) is 27.9 Å². The highest BCUT2D eigenvalue weighted by Gasteiger charge is 2.48. The van der Waals surface area contributed by atoms with Crippen molar-refractivity contribution in [2.75, 3.05) is 5.32 Å². The molecule has 2 N–H and O–H groups in total. The molecule has 10 heteroatoms. The first-order valence-electron chi connectivity index (χ1n) is 9.30. The van der Waals surface area contributed by atoms with Crippen molar-refractivity contribution in [1.29, 1.82) is 0 Å². The Balaban J connectivity index is 1.65. The van der Waals surface area contributed by atoms with Gasteiger partial charge in [0.15, 0.2) is 11.7 Å². The lowest BCUT2D eigenvalue weighted by Gasteiger charge is -2.32. The lowest BCUT2D eigenvalue weighted by atomic mass is 9.95. The minimum atomic E-state index is -4.51. The summed E-state index contributed by atoms with van der Waals surface area (Å²) in [5.74, 6) is 0.0727. The maximum Gasteiger partial charge on any atom is 0.410 e. The maximum absolute atomic E-state index is 13.7. The number of hydrogen-bond donors (Lipinski definition) is 2. The second kappa shape index (κ2) is 7.46. The molecule has 0 bridgehead atoms.